The zero-order chi connectivity index (χ0) is 23.2. The molecule has 168 valence electrons. The SMILES string of the molecule is CCOC(=O)c1ccsc1NC(=O)CSc1nnc(-c2ccccc2)n1-c1ccc(F)cc1. The zero-order valence-electron chi connectivity index (χ0n) is 17.5. The molecule has 0 spiro atoms. The van der Waals surface area contributed by atoms with Crippen LogP contribution in [0, 0.1) is 5.82 Å². The summed E-state index contributed by atoms with van der Waals surface area (Å²) in [6.07, 6.45) is 0. The number of carbonyl (C=O) groups is 2. The first-order valence-corrected chi connectivity index (χ1v) is 11.9. The summed E-state index contributed by atoms with van der Waals surface area (Å²) < 4.78 is 20.3. The molecular weight excluding hydrogens is 463 g/mol. The highest BCUT2D eigenvalue weighted by atomic mass is 32.2. The standard InChI is InChI=1S/C23H19FN4O3S2/c1-2-31-22(30)18-12-13-32-21(18)25-19(29)14-33-23-27-26-20(15-6-4-3-5-7-15)28(23)17-10-8-16(24)9-11-17/h3-13H,2,14H2,1H3,(H,25,29). The molecule has 0 unspecified atom stereocenters. The molecule has 2 heterocycles. The predicted molar refractivity (Wildman–Crippen MR) is 126 cm³/mol. The van der Waals surface area contributed by atoms with Crippen LogP contribution >= 0.6 is 23.1 Å². The van der Waals surface area contributed by atoms with Crippen LogP contribution in [-0.4, -0.2) is 39.0 Å². The number of esters is 1. The van der Waals surface area contributed by atoms with Crippen molar-refractivity contribution in [1.29, 1.82) is 0 Å². The van der Waals surface area contributed by atoms with Gasteiger partial charge in [-0.25, -0.2) is 9.18 Å². The lowest BCUT2D eigenvalue weighted by molar-refractivity contribution is -0.113. The van der Waals surface area contributed by atoms with E-state index in [0.717, 1.165) is 5.56 Å². The maximum absolute atomic E-state index is 13.5. The van der Waals surface area contributed by atoms with Crippen LogP contribution in [0.1, 0.15) is 17.3 Å². The Morgan fingerprint density at radius 1 is 1.09 bits per heavy atom. The van der Waals surface area contributed by atoms with Crippen molar-refractivity contribution in [2.24, 2.45) is 0 Å². The lowest BCUT2D eigenvalue weighted by Crippen LogP contribution is -2.16. The van der Waals surface area contributed by atoms with Crippen LogP contribution in [0.5, 0.6) is 0 Å². The molecule has 33 heavy (non-hydrogen) atoms. The first-order chi connectivity index (χ1) is 16.1. The summed E-state index contributed by atoms with van der Waals surface area (Å²) in [7, 11) is 0. The topological polar surface area (TPSA) is 86.1 Å². The maximum atomic E-state index is 13.5. The van der Waals surface area contributed by atoms with Crippen molar-refractivity contribution in [3.05, 3.63) is 77.4 Å². The molecule has 2 aromatic heterocycles. The number of thioether (sulfide) groups is 1. The fourth-order valence-electron chi connectivity index (χ4n) is 3.03. The Hall–Kier alpha value is -3.50. The van der Waals surface area contributed by atoms with Crippen molar-refractivity contribution in [2.45, 2.75) is 12.1 Å². The lowest BCUT2D eigenvalue weighted by atomic mass is 10.2. The third-order valence-electron chi connectivity index (χ3n) is 4.50. The highest BCUT2D eigenvalue weighted by molar-refractivity contribution is 7.99. The Morgan fingerprint density at radius 3 is 2.58 bits per heavy atom. The van der Waals surface area contributed by atoms with E-state index in [2.05, 4.69) is 15.5 Å². The van der Waals surface area contributed by atoms with Gasteiger partial charge in [0.1, 0.15) is 10.8 Å². The van der Waals surface area contributed by atoms with Crippen LogP contribution in [0.25, 0.3) is 17.1 Å². The molecule has 1 N–H and O–H groups in total. The number of nitrogens with zero attached hydrogens (tertiary/aromatic N) is 3. The first-order valence-electron chi connectivity index (χ1n) is 10.0. The van der Waals surface area contributed by atoms with Crippen molar-refractivity contribution < 1.29 is 18.7 Å². The van der Waals surface area contributed by atoms with E-state index in [0.29, 0.717) is 27.2 Å². The van der Waals surface area contributed by atoms with Crippen LogP contribution in [0.4, 0.5) is 9.39 Å². The van der Waals surface area contributed by atoms with E-state index in [4.69, 9.17) is 4.74 Å². The second-order valence-electron chi connectivity index (χ2n) is 6.70. The normalized spacial score (nSPS) is 10.7. The van der Waals surface area contributed by atoms with Gasteiger partial charge in [-0.15, -0.1) is 21.5 Å². The van der Waals surface area contributed by atoms with Gasteiger partial charge in [0, 0.05) is 11.3 Å². The van der Waals surface area contributed by atoms with E-state index < -0.39 is 5.97 Å². The smallest absolute Gasteiger partial charge is 0.341 e. The third-order valence-corrected chi connectivity index (χ3v) is 6.25. The Labute approximate surface area is 197 Å². The Balaban J connectivity index is 1.55. The summed E-state index contributed by atoms with van der Waals surface area (Å²) in [6.45, 7) is 1.97. The molecule has 0 aliphatic heterocycles. The highest BCUT2D eigenvalue weighted by Crippen LogP contribution is 2.29. The quantitative estimate of drug-likeness (QED) is 0.280. The number of aromatic nitrogens is 3. The molecule has 0 saturated carbocycles. The minimum Gasteiger partial charge on any atom is -0.462 e. The van der Waals surface area contributed by atoms with E-state index in [9.17, 15) is 14.0 Å². The maximum Gasteiger partial charge on any atom is 0.341 e. The summed E-state index contributed by atoms with van der Waals surface area (Å²) in [6, 6.07) is 17.1. The molecule has 0 saturated heterocycles. The fraction of sp³-hybridized carbons (Fsp3) is 0.130. The van der Waals surface area contributed by atoms with E-state index in [1.54, 1.807) is 35.1 Å². The van der Waals surface area contributed by atoms with Crippen molar-refractivity contribution >= 4 is 40.0 Å². The van der Waals surface area contributed by atoms with E-state index in [1.165, 1.54) is 35.2 Å². The number of thiophene rings is 1. The van der Waals surface area contributed by atoms with E-state index in [-0.39, 0.29) is 24.1 Å². The molecule has 0 bridgehead atoms. The summed E-state index contributed by atoms with van der Waals surface area (Å²) in [5, 5.41) is 13.9. The van der Waals surface area contributed by atoms with E-state index in [1.807, 2.05) is 30.3 Å². The van der Waals surface area contributed by atoms with Gasteiger partial charge in [-0.05, 0) is 42.6 Å². The number of anilines is 1. The van der Waals surface area contributed by atoms with Gasteiger partial charge in [0.15, 0.2) is 11.0 Å². The molecule has 2 aromatic carbocycles. The molecular formula is C23H19FN4O3S2. The Kier molecular flexibility index (Phi) is 7.16. The van der Waals surface area contributed by atoms with Gasteiger partial charge in [0.2, 0.25) is 5.91 Å². The van der Waals surface area contributed by atoms with Crippen LogP contribution in [0.3, 0.4) is 0 Å². The van der Waals surface area contributed by atoms with E-state index >= 15 is 0 Å². The Bertz CT molecular complexity index is 1260. The number of nitrogens with one attached hydrogen (secondary N) is 1. The molecule has 1 amide bonds. The molecule has 0 aliphatic carbocycles. The molecule has 0 radical (unpaired) electrons. The van der Waals surface area contributed by atoms with Crippen LogP contribution in [0.15, 0.2) is 71.2 Å². The first kappa shape index (κ1) is 22.7. The number of amides is 1. The zero-order valence-corrected chi connectivity index (χ0v) is 19.2. The monoisotopic (exact) mass is 482 g/mol. The largest absolute Gasteiger partial charge is 0.462 e. The van der Waals surface area contributed by atoms with Crippen LogP contribution in [0.2, 0.25) is 0 Å². The average molecular weight is 483 g/mol. The van der Waals surface area contributed by atoms with Crippen LogP contribution < -0.4 is 5.32 Å². The van der Waals surface area contributed by atoms with Gasteiger partial charge in [0.05, 0.1) is 17.9 Å². The molecule has 4 rings (SSSR count). The van der Waals surface area contributed by atoms with Gasteiger partial charge in [-0.1, -0.05) is 42.1 Å². The Morgan fingerprint density at radius 2 is 1.85 bits per heavy atom. The third kappa shape index (κ3) is 5.29. The molecule has 0 fully saturated rings. The summed E-state index contributed by atoms with van der Waals surface area (Å²) in [5.41, 5.74) is 1.83. The predicted octanol–water partition coefficient (Wildman–Crippen LogP) is 5.04. The molecule has 7 nitrogen and oxygen atoms in total. The second kappa shape index (κ2) is 10.4. The summed E-state index contributed by atoms with van der Waals surface area (Å²) >= 11 is 2.43. The van der Waals surface area contributed by atoms with Gasteiger partial charge in [-0.2, -0.15) is 0 Å². The van der Waals surface area contributed by atoms with Gasteiger partial charge in [-0.3, -0.25) is 9.36 Å². The molecule has 10 heteroatoms. The molecule has 0 aliphatic rings. The molecule has 4 aromatic rings. The second-order valence-corrected chi connectivity index (χ2v) is 8.56. The number of ether oxygens (including phenoxy) is 1. The van der Waals surface area contributed by atoms with Crippen molar-refractivity contribution in [3.63, 3.8) is 0 Å². The van der Waals surface area contributed by atoms with Gasteiger partial charge < -0.3 is 10.1 Å². The lowest BCUT2D eigenvalue weighted by Gasteiger charge is -2.10. The minimum absolute atomic E-state index is 0.0360. The highest BCUT2D eigenvalue weighted by Gasteiger charge is 2.19. The van der Waals surface area contributed by atoms with Gasteiger partial charge >= 0.3 is 5.97 Å². The summed E-state index contributed by atoms with van der Waals surface area (Å²) in [4.78, 5) is 24.6. The number of hydrogen-bond acceptors (Lipinski definition) is 7. The average Bonchev–Trinajstić information content (AvgIpc) is 3.46. The van der Waals surface area contributed by atoms with Gasteiger partial charge in [0.25, 0.3) is 0 Å². The van der Waals surface area contributed by atoms with Crippen molar-refractivity contribution in [3.8, 4) is 17.1 Å². The summed E-state index contributed by atoms with van der Waals surface area (Å²) in [5.74, 6) is -0.523. The number of rotatable bonds is 8. The van der Waals surface area contributed by atoms with Crippen molar-refractivity contribution in [2.75, 3.05) is 17.7 Å². The van der Waals surface area contributed by atoms with Crippen LogP contribution in [-0.2, 0) is 9.53 Å². The number of halogens is 1. The van der Waals surface area contributed by atoms with Crippen molar-refractivity contribution in [1.82, 2.24) is 14.8 Å². The minimum atomic E-state index is -0.481. The fourth-order valence-corrected chi connectivity index (χ4v) is 4.57. The number of carbonyl (C=O) groups excluding carboxylic acids is 2. The molecule has 0 atom stereocenters. The number of benzene rings is 2. The number of hydrogen-bond donors (Lipinski definition) is 1.